The van der Waals surface area contributed by atoms with Crippen molar-refractivity contribution >= 4 is 23.3 Å². The zero-order valence-corrected chi connectivity index (χ0v) is 12.0. The molecule has 0 atom stereocenters. The van der Waals surface area contributed by atoms with Crippen molar-refractivity contribution in [2.75, 3.05) is 12.4 Å². The topological polar surface area (TPSA) is 78.8 Å². The molecule has 0 aliphatic rings. The highest BCUT2D eigenvalue weighted by Crippen LogP contribution is 2.27. The van der Waals surface area contributed by atoms with Crippen molar-refractivity contribution in [1.82, 2.24) is 0 Å². The Labute approximate surface area is 126 Å². The molecule has 0 aliphatic carbocycles. The molecule has 6 heteroatoms. The van der Waals surface area contributed by atoms with Gasteiger partial charge in [0.2, 0.25) is 0 Å². The van der Waals surface area contributed by atoms with Gasteiger partial charge in [0.05, 0.1) is 23.4 Å². The Morgan fingerprint density at radius 2 is 2.05 bits per heavy atom. The molecule has 0 heterocycles. The number of nitrogens with one attached hydrogen (secondary N) is 1. The molecule has 2 aromatic rings. The zero-order valence-electron chi connectivity index (χ0n) is 11.3. The Morgan fingerprint density at radius 3 is 2.67 bits per heavy atom. The van der Waals surface area contributed by atoms with Gasteiger partial charge in [-0.05, 0) is 35.9 Å². The van der Waals surface area contributed by atoms with Gasteiger partial charge in [-0.25, -0.2) is 4.79 Å². The summed E-state index contributed by atoms with van der Waals surface area (Å²) in [4.78, 5) is 11.0. The maximum Gasteiger partial charge on any atom is 0.335 e. The number of ether oxygens (including phenoxy) is 1. The molecule has 0 radical (unpaired) electrons. The number of anilines is 1. The van der Waals surface area contributed by atoms with Crippen LogP contribution in [0.3, 0.4) is 0 Å². The predicted octanol–water partition coefficient (Wildman–Crippen LogP) is 3.36. The lowest BCUT2D eigenvalue weighted by atomic mass is 10.1. The van der Waals surface area contributed by atoms with Crippen LogP contribution < -0.4 is 10.1 Å². The molecule has 0 saturated carbocycles. The molecule has 2 rings (SSSR count). The van der Waals surface area contributed by atoms with Gasteiger partial charge in [0, 0.05) is 6.54 Å². The van der Waals surface area contributed by atoms with Crippen molar-refractivity contribution in [3.8, 4) is 11.5 Å². The van der Waals surface area contributed by atoms with E-state index >= 15 is 0 Å². The van der Waals surface area contributed by atoms with Gasteiger partial charge >= 0.3 is 5.97 Å². The lowest BCUT2D eigenvalue weighted by Crippen LogP contribution is -2.04. The van der Waals surface area contributed by atoms with Gasteiger partial charge in [-0.3, -0.25) is 0 Å². The number of carbonyl (C=O) groups is 1. The van der Waals surface area contributed by atoms with E-state index in [9.17, 15) is 9.90 Å². The Bertz CT molecular complexity index is 673. The van der Waals surface area contributed by atoms with Crippen LogP contribution in [-0.4, -0.2) is 23.3 Å². The number of aromatic hydroxyl groups is 1. The summed E-state index contributed by atoms with van der Waals surface area (Å²) < 4.78 is 5.19. The highest BCUT2D eigenvalue weighted by atomic mass is 35.5. The Hall–Kier alpha value is -2.40. The van der Waals surface area contributed by atoms with E-state index in [-0.39, 0.29) is 16.3 Å². The van der Waals surface area contributed by atoms with Gasteiger partial charge in [0.1, 0.15) is 11.5 Å². The average molecular weight is 308 g/mol. The standard InChI is InChI=1S/C15H14ClNO4/c1-21-14-5-3-10(15(19)20)7-12(14)17-8-9-2-4-13(18)11(16)6-9/h2-7,17-18H,8H2,1H3,(H,19,20). The molecule has 0 unspecified atom stereocenters. The molecular formula is C15H14ClNO4. The van der Waals surface area contributed by atoms with Crippen LogP contribution in [0.15, 0.2) is 36.4 Å². The molecular weight excluding hydrogens is 294 g/mol. The molecule has 0 saturated heterocycles. The summed E-state index contributed by atoms with van der Waals surface area (Å²) in [7, 11) is 1.51. The summed E-state index contributed by atoms with van der Waals surface area (Å²) in [6.07, 6.45) is 0. The first-order valence-corrected chi connectivity index (χ1v) is 6.51. The van der Waals surface area contributed by atoms with E-state index in [1.54, 1.807) is 18.2 Å². The van der Waals surface area contributed by atoms with Crippen molar-refractivity contribution in [2.24, 2.45) is 0 Å². The first-order chi connectivity index (χ1) is 10.0. The number of aromatic carboxylic acids is 1. The number of hydrogen-bond donors (Lipinski definition) is 3. The molecule has 0 bridgehead atoms. The number of hydrogen-bond acceptors (Lipinski definition) is 4. The molecule has 0 spiro atoms. The second kappa shape index (κ2) is 6.37. The quantitative estimate of drug-likeness (QED) is 0.789. The summed E-state index contributed by atoms with van der Waals surface area (Å²) in [5, 5.41) is 21.7. The molecule has 21 heavy (non-hydrogen) atoms. The van der Waals surface area contributed by atoms with E-state index in [4.69, 9.17) is 21.4 Å². The molecule has 110 valence electrons. The van der Waals surface area contributed by atoms with E-state index in [1.807, 2.05) is 0 Å². The third kappa shape index (κ3) is 3.58. The number of carboxylic acids is 1. The average Bonchev–Trinajstić information content (AvgIpc) is 2.48. The number of methoxy groups -OCH3 is 1. The minimum Gasteiger partial charge on any atom is -0.506 e. The second-order valence-corrected chi connectivity index (χ2v) is 4.77. The first kappa shape index (κ1) is 15.0. The summed E-state index contributed by atoms with van der Waals surface area (Å²) in [6.45, 7) is 0.416. The van der Waals surface area contributed by atoms with E-state index in [0.717, 1.165) is 5.56 Å². The number of phenols is 1. The summed E-state index contributed by atoms with van der Waals surface area (Å²) in [5.74, 6) is -0.441. The van der Waals surface area contributed by atoms with Crippen LogP contribution in [0.25, 0.3) is 0 Å². The number of rotatable bonds is 5. The largest absolute Gasteiger partial charge is 0.506 e. The van der Waals surface area contributed by atoms with Crippen LogP contribution in [0.1, 0.15) is 15.9 Å². The fourth-order valence-corrected chi connectivity index (χ4v) is 2.04. The molecule has 5 nitrogen and oxygen atoms in total. The Balaban J connectivity index is 2.19. The van der Waals surface area contributed by atoms with Crippen molar-refractivity contribution in [1.29, 1.82) is 0 Å². The van der Waals surface area contributed by atoms with Crippen LogP contribution in [0.2, 0.25) is 5.02 Å². The summed E-state index contributed by atoms with van der Waals surface area (Å²) >= 11 is 5.84. The van der Waals surface area contributed by atoms with Crippen LogP contribution in [0, 0.1) is 0 Å². The summed E-state index contributed by atoms with van der Waals surface area (Å²) in [6, 6.07) is 9.44. The van der Waals surface area contributed by atoms with Crippen LogP contribution in [0.5, 0.6) is 11.5 Å². The van der Waals surface area contributed by atoms with E-state index in [0.29, 0.717) is 18.0 Å². The van der Waals surface area contributed by atoms with Crippen LogP contribution in [-0.2, 0) is 6.54 Å². The van der Waals surface area contributed by atoms with Gasteiger partial charge in [-0.15, -0.1) is 0 Å². The fraction of sp³-hybridized carbons (Fsp3) is 0.133. The predicted molar refractivity (Wildman–Crippen MR) is 80.4 cm³/mol. The minimum atomic E-state index is -1.01. The Morgan fingerprint density at radius 1 is 1.29 bits per heavy atom. The second-order valence-electron chi connectivity index (χ2n) is 4.36. The number of phenolic OH excluding ortho intramolecular Hbond substituents is 1. The minimum absolute atomic E-state index is 0.0193. The lowest BCUT2D eigenvalue weighted by Gasteiger charge is -2.12. The van der Waals surface area contributed by atoms with Crippen molar-refractivity contribution in [3.63, 3.8) is 0 Å². The van der Waals surface area contributed by atoms with Gasteiger partial charge in [0.25, 0.3) is 0 Å². The van der Waals surface area contributed by atoms with Crippen molar-refractivity contribution in [3.05, 3.63) is 52.5 Å². The highest BCUT2D eigenvalue weighted by molar-refractivity contribution is 6.32. The third-order valence-electron chi connectivity index (χ3n) is 2.94. The number of carboxylic acid groups (broad SMARTS) is 1. The Kier molecular flexibility index (Phi) is 4.55. The zero-order chi connectivity index (χ0) is 15.4. The lowest BCUT2D eigenvalue weighted by molar-refractivity contribution is 0.0697. The molecule has 3 N–H and O–H groups in total. The molecule has 0 fully saturated rings. The van der Waals surface area contributed by atoms with E-state index in [1.165, 1.54) is 25.3 Å². The van der Waals surface area contributed by atoms with Gasteiger partial charge < -0.3 is 20.3 Å². The maximum absolute atomic E-state index is 11.0. The number of halogens is 1. The highest BCUT2D eigenvalue weighted by Gasteiger charge is 2.09. The fourth-order valence-electron chi connectivity index (χ4n) is 1.84. The molecule has 0 aromatic heterocycles. The van der Waals surface area contributed by atoms with Gasteiger partial charge in [-0.2, -0.15) is 0 Å². The van der Waals surface area contributed by atoms with Gasteiger partial charge in [-0.1, -0.05) is 17.7 Å². The van der Waals surface area contributed by atoms with E-state index in [2.05, 4.69) is 5.32 Å². The van der Waals surface area contributed by atoms with Crippen molar-refractivity contribution < 1.29 is 19.7 Å². The first-order valence-electron chi connectivity index (χ1n) is 6.14. The van der Waals surface area contributed by atoms with Crippen LogP contribution >= 0.6 is 11.6 Å². The molecule has 0 aliphatic heterocycles. The smallest absolute Gasteiger partial charge is 0.335 e. The van der Waals surface area contributed by atoms with Crippen molar-refractivity contribution in [2.45, 2.75) is 6.54 Å². The maximum atomic E-state index is 11.0. The SMILES string of the molecule is COc1ccc(C(=O)O)cc1NCc1ccc(O)c(Cl)c1. The molecule has 2 aromatic carbocycles. The normalized spacial score (nSPS) is 10.2. The molecule has 0 amide bonds. The third-order valence-corrected chi connectivity index (χ3v) is 3.24. The summed E-state index contributed by atoms with van der Waals surface area (Å²) in [5.41, 5.74) is 1.59. The van der Waals surface area contributed by atoms with E-state index < -0.39 is 5.97 Å². The number of benzene rings is 2. The van der Waals surface area contributed by atoms with Crippen LogP contribution in [0.4, 0.5) is 5.69 Å². The van der Waals surface area contributed by atoms with Gasteiger partial charge in [0.15, 0.2) is 0 Å². The monoisotopic (exact) mass is 307 g/mol.